The van der Waals surface area contributed by atoms with Gasteiger partial charge >= 0.3 is 6.09 Å². The summed E-state index contributed by atoms with van der Waals surface area (Å²) in [5, 5.41) is 4.02. The second-order valence-electron chi connectivity index (χ2n) is 9.17. The van der Waals surface area contributed by atoms with Crippen LogP contribution in [0.3, 0.4) is 0 Å². The Labute approximate surface area is 201 Å². The van der Waals surface area contributed by atoms with E-state index in [0.29, 0.717) is 24.5 Å². The smallest absolute Gasteiger partial charge is 0.408 e. The van der Waals surface area contributed by atoms with Gasteiger partial charge in [-0.05, 0) is 57.4 Å². The first-order valence-corrected chi connectivity index (χ1v) is 12.4. The lowest BCUT2D eigenvalue weighted by molar-refractivity contribution is -0.120. The third-order valence-corrected chi connectivity index (χ3v) is 6.79. The molecule has 1 aliphatic carbocycles. The molecule has 0 aliphatic heterocycles. The summed E-state index contributed by atoms with van der Waals surface area (Å²) < 4.78 is 7.96. The first-order valence-electron chi connectivity index (χ1n) is 12.4. The molecule has 0 saturated heterocycles. The largest absolute Gasteiger partial charge is 0.415 e. The molecule has 0 bridgehead atoms. The van der Waals surface area contributed by atoms with Crippen molar-refractivity contribution in [2.24, 2.45) is 5.92 Å². The average molecular weight is 462 g/mol. The molecule has 34 heavy (non-hydrogen) atoms. The van der Waals surface area contributed by atoms with E-state index in [1.807, 2.05) is 32.2 Å². The van der Waals surface area contributed by atoms with Crippen molar-refractivity contribution < 1.29 is 14.3 Å². The Morgan fingerprint density at radius 1 is 1.06 bits per heavy atom. The SMILES string of the molecule is CCN(CC)C(=O)Oc1ccc2c(ccn2Cc2cccc(C)c2)c1NC(=O)C1CCCCC1. The van der Waals surface area contributed by atoms with Crippen molar-refractivity contribution in [2.75, 3.05) is 18.4 Å². The molecule has 180 valence electrons. The molecule has 0 radical (unpaired) electrons. The molecule has 1 aliphatic rings. The standard InChI is InChI=1S/C28H35N3O3/c1-4-30(5-2)28(33)34-25-15-14-24-23(26(25)29-27(32)22-12-7-6-8-13-22)16-17-31(24)19-21-11-9-10-20(3)18-21/h9-11,14-18,22H,4-8,12-13,19H2,1-3H3,(H,29,32). The number of hydrogen-bond donors (Lipinski definition) is 1. The molecule has 3 aromatic rings. The molecule has 1 N–H and O–H groups in total. The van der Waals surface area contributed by atoms with Gasteiger partial charge in [0.25, 0.3) is 0 Å². The van der Waals surface area contributed by atoms with Gasteiger partial charge < -0.3 is 19.5 Å². The van der Waals surface area contributed by atoms with E-state index in [0.717, 1.165) is 43.1 Å². The van der Waals surface area contributed by atoms with Crippen molar-refractivity contribution >= 4 is 28.6 Å². The highest BCUT2D eigenvalue weighted by molar-refractivity contribution is 6.05. The number of fused-ring (bicyclic) bond motifs is 1. The maximum absolute atomic E-state index is 13.2. The van der Waals surface area contributed by atoms with Gasteiger partial charge in [0.05, 0.1) is 11.2 Å². The Hall–Kier alpha value is -3.28. The van der Waals surface area contributed by atoms with Crippen LogP contribution in [-0.4, -0.2) is 34.6 Å². The summed E-state index contributed by atoms with van der Waals surface area (Å²) in [6.07, 6.45) is 6.79. The second kappa shape index (κ2) is 10.8. The van der Waals surface area contributed by atoms with Crippen LogP contribution in [0.5, 0.6) is 5.75 Å². The molecule has 6 heteroatoms. The Morgan fingerprint density at radius 3 is 2.53 bits per heavy atom. The van der Waals surface area contributed by atoms with Crippen molar-refractivity contribution in [1.82, 2.24) is 9.47 Å². The van der Waals surface area contributed by atoms with Crippen molar-refractivity contribution in [3.05, 3.63) is 59.8 Å². The molecule has 0 atom stereocenters. The molecule has 1 aromatic heterocycles. The van der Waals surface area contributed by atoms with Crippen molar-refractivity contribution in [3.8, 4) is 5.75 Å². The summed E-state index contributed by atoms with van der Waals surface area (Å²) in [7, 11) is 0. The minimum atomic E-state index is -0.406. The fraction of sp³-hybridized carbons (Fsp3) is 0.429. The van der Waals surface area contributed by atoms with E-state index < -0.39 is 6.09 Å². The predicted octanol–water partition coefficient (Wildman–Crippen LogP) is 6.36. The highest BCUT2D eigenvalue weighted by Crippen LogP contribution is 2.36. The third-order valence-electron chi connectivity index (χ3n) is 6.79. The average Bonchev–Trinajstić information content (AvgIpc) is 3.24. The zero-order valence-electron chi connectivity index (χ0n) is 20.5. The van der Waals surface area contributed by atoms with Crippen LogP contribution in [0, 0.1) is 12.8 Å². The van der Waals surface area contributed by atoms with Crippen molar-refractivity contribution in [2.45, 2.75) is 59.4 Å². The maximum atomic E-state index is 13.2. The summed E-state index contributed by atoms with van der Waals surface area (Å²) >= 11 is 0. The zero-order valence-corrected chi connectivity index (χ0v) is 20.5. The van der Waals surface area contributed by atoms with E-state index in [9.17, 15) is 9.59 Å². The third kappa shape index (κ3) is 5.27. The van der Waals surface area contributed by atoms with Crippen LogP contribution in [0.2, 0.25) is 0 Å². The van der Waals surface area contributed by atoms with Crippen molar-refractivity contribution in [3.63, 3.8) is 0 Å². The van der Waals surface area contributed by atoms with Gasteiger partial charge in [0.15, 0.2) is 5.75 Å². The summed E-state index contributed by atoms with van der Waals surface area (Å²) in [5.74, 6) is 0.408. The van der Waals surface area contributed by atoms with E-state index in [-0.39, 0.29) is 11.8 Å². The van der Waals surface area contributed by atoms with Gasteiger partial charge in [-0.2, -0.15) is 0 Å². The Kier molecular flexibility index (Phi) is 7.56. The zero-order chi connectivity index (χ0) is 24.1. The molecule has 2 amide bonds. The minimum absolute atomic E-state index is 0.00437. The van der Waals surface area contributed by atoms with Crippen LogP contribution in [0.15, 0.2) is 48.7 Å². The van der Waals surface area contributed by atoms with Crippen LogP contribution < -0.4 is 10.1 Å². The quantitative estimate of drug-likeness (QED) is 0.445. The number of ether oxygens (including phenoxy) is 1. The number of carbonyl (C=O) groups is 2. The topological polar surface area (TPSA) is 63.6 Å². The number of aromatic nitrogens is 1. The first kappa shape index (κ1) is 23.9. The minimum Gasteiger partial charge on any atom is -0.408 e. The highest BCUT2D eigenvalue weighted by atomic mass is 16.6. The van der Waals surface area contributed by atoms with E-state index in [1.54, 1.807) is 11.0 Å². The second-order valence-corrected chi connectivity index (χ2v) is 9.17. The number of benzene rings is 2. The van der Waals surface area contributed by atoms with E-state index in [2.05, 4.69) is 41.1 Å². The molecule has 2 aromatic carbocycles. The van der Waals surface area contributed by atoms with E-state index >= 15 is 0 Å². The van der Waals surface area contributed by atoms with Crippen molar-refractivity contribution in [1.29, 1.82) is 0 Å². The van der Waals surface area contributed by atoms with Gasteiger partial charge in [0, 0.05) is 37.1 Å². The van der Waals surface area contributed by atoms with Crippen LogP contribution in [0.1, 0.15) is 57.1 Å². The molecule has 1 saturated carbocycles. The number of nitrogens with zero attached hydrogens (tertiary/aromatic N) is 2. The summed E-state index contributed by atoms with van der Waals surface area (Å²) in [6, 6.07) is 14.2. The van der Waals surface area contributed by atoms with Gasteiger partial charge in [-0.15, -0.1) is 0 Å². The van der Waals surface area contributed by atoms with Gasteiger partial charge in [-0.1, -0.05) is 49.1 Å². The summed E-state index contributed by atoms with van der Waals surface area (Å²) in [4.78, 5) is 27.5. The molecule has 1 fully saturated rings. The summed E-state index contributed by atoms with van der Waals surface area (Å²) in [5.41, 5.74) is 4.00. The molecule has 6 nitrogen and oxygen atoms in total. The molecule has 4 rings (SSSR count). The lowest BCUT2D eigenvalue weighted by Crippen LogP contribution is -2.33. The molecule has 1 heterocycles. The van der Waals surface area contributed by atoms with E-state index in [1.165, 1.54) is 17.5 Å². The number of nitrogens with one attached hydrogen (secondary N) is 1. The number of hydrogen-bond acceptors (Lipinski definition) is 3. The highest BCUT2D eigenvalue weighted by Gasteiger charge is 2.24. The Morgan fingerprint density at radius 2 is 1.82 bits per heavy atom. The van der Waals surface area contributed by atoms with Gasteiger partial charge in [0.1, 0.15) is 0 Å². The van der Waals surface area contributed by atoms with Gasteiger partial charge in [-0.25, -0.2) is 4.79 Å². The Balaban J connectivity index is 1.69. The number of rotatable bonds is 7. The number of aryl methyl sites for hydroxylation is 1. The fourth-order valence-electron chi connectivity index (χ4n) is 4.84. The number of amides is 2. The monoisotopic (exact) mass is 461 g/mol. The predicted molar refractivity (Wildman–Crippen MR) is 136 cm³/mol. The van der Waals surface area contributed by atoms with Crippen LogP contribution in [0.25, 0.3) is 10.9 Å². The fourth-order valence-corrected chi connectivity index (χ4v) is 4.84. The van der Waals surface area contributed by atoms with Gasteiger partial charge in [-0.3, -0.25) is 4.79 Å². The van der Waals surface area contributed by atoms with Crippen LogP contribution >= 0.6 is 0 Å². The molecular weight excluding hydrogens is 426 g/mol. The normalized spacial score (nSPS) is 14.2. The van der Waals surface area contributed by atoms with Crippen LogP contribution in [-0.2, 0) is 11.3 Å². The lowest BCUT2D eigenvalue weighted by atomic mass is 9.88. The maximum Gasteiger partial charge on any atom is 0.415 e. The number of carbonyl (C=O) groups excluding carboxylic acids is 2. The first-order chi connectivity index (χ1) is 16.5. The molecular formula is C28H35N3O3. The van der Waals surface area contributed by atoms with E-state index in [4.69, 9.17) is 4.74 Å². The molecule has 0 unspecified atom stereocenters. The van der Waals surface area contributed by atoms with Gasteiger partial charge in [0.2, 0.25) is 5.91 Å². The lowest BCUT2D eigenvalue weighted by Gasteiger charge is -2.23. The Bertz CT molecular complexity index is 1160. The summed E-state index contributed by atoms with van der Waals surface area (Å²) in [6.45, 7) is 7.78. The number of anilines is 1. The molecule has 0 spiro atoms. The van der Waals surface area contributed by atoms with Crippen LogP contribution in [0.4, 0.5) is 10.5 Å².